The Bertz CT molecular complexity index is 400. The van der Waals surface area contributed by atoms with E-state index in [1.54, 1.807) is 4.90 Å². The smallest absolute Gasteiger partial charge is 0.319 e. The van der Waals surface area contributed by atoms with Crippen LogP contribution >= 0.6 is 0 Å². The summed E-state index contributed by atoms with van der Waals surface area (Å²) in [6.07, 6.45) is 2.47. The third kappa shape index (κ3) is 3.48. The zero-order valence-corrected chi connectivity index (χ0v) is 10.1. The zero-order valence-electron chi connectivity index (χ0n) is 10.1. The molecule has 2 N–H and O–H groups in total. The van der Waals surface area contributed by atoms with Gasteiger partial charge in [0.1, 0.15) is 0 Å². The van der Waals surface area contributed by atoms with Gasteiger partial charge in [0.15, 0.2) is 0 Å². The molecule has 5 heteroatoms. The van der Waals surface area contributed by atoms with Gasteiger partial charge in [-0.2, -0.15) is 0 Å². The number of anilines is 1. The molecule has 1 heterocycles. The molecule has 0 aliphatic carbocycles. The van der Waals surface area contributed by atoms with E-state index in [4.69, 9.17) is 0 Å². The highest BCUT2D eigenvalue weighted by Crippen LogP contribution is 2.09. The van der Waals surface area contributed by atoms with E-state index in [0.717, 1.165) is 24.9 Å². The fourth-order valence-corrected chi connectivity index (χ4v) is 2.02. The van der Waals surface area contributed by atoms with Gasteiger partial charge >= 0.3 is 6.03 Å². The van der Waals surface area contributed by atoms with Crippen molar-refractivity contribution in [2.45, 2.75) is 18.9 Å². The van der Waals surface area contributed by atoms with Crippen LogP contribution in [0.2, 0.25) is 0 Å². The van der Waals surface area contributed by atoms with E-state index in [-0.39, 0.29) is 12.1 Å². The van der Waals surface area contributed by atoms with Crippen molar-refractivity contribution < 1.29 is 9.59 Å². The van der Waals surface area contributed by atoms with Crippen molar-refractivity contribution in [2.24, 2.45) is 0 Å². The minimum atomic E-state index is -0.189. The predicted octanol–water partition coefficient (Wildman–Crippen LogP) is 1.43. The lowest BCUT2D eigenvalue weighted by Gasteiger charge is -2.29. The average Bonchev–Trinajstić information content (AvgIpc) is 2.40. The maximum atomic E-state index is 11.7. The van der Waals surface area contributed by atoms with Crippen molar-refractivity contribution in [1.29, 1.82) is 0 Å². The van der Waals surface area contributed by atoms with Gasteiger partial charge in [-0.25, -0.2) is 4.79 Å². The number of nitrogens with zero attached hydrogens (tertiary/aromatic N) is 1. The molecule has 0 radical (unpaired) electrons. The molecule has 3 amide bonds. The highest BCUT2D eigenvalue weighted by Gasteiger charge is 2.19. The molecule has 1 saturated heterocycles. The fraction of sp³-hybridized carbons (Fsp3) is 0.385. The van der Waals surface area contributed by atoms with Gasteiger partial charge in [0.05, 0.1) is 0 Å². The standard InChI is InChI=1S/C13H17N3O2/c17-10-16-8-6-12(7-9-16)15-13(18)14-11-4-2-1-3-5-11/h1-5,10,12H,6-9H2,(H2,14,15,18). The molecule has 0 bridgehead atoms. The lowest BCUT2D eigenvalue weighted by molar-refractivity contribution is -0.119. The van der Waals surface area contributed by atoms with Gasteiger partial charge in [-0.05, 0) is 25.0 Å². The lowest BCUT2D eigenvalue weighted by atomic mass is 10.1. The quantitative estimate of drug-likeness (QED) is 0.794. The maximum absolute atomic E-state index is 11.7. The van der Waals surface area contributed by atoms with Gasteiger partial charge in [0.2, 0.25) is 6.41 Å². The van der Waals surface area contributed by atoms with Crippen molar-refractivity contribution in [2.75, 3.05) is 18.4 Å². The van der Waals surface area contributed by atoms with Crippen LogP contribution in [0.5, 0.6) is 0 Å². The highest BCUT2D eigenvalue weighted by atomic mass is 16.2. The maximum Gasteiger partial charge on any atom is 0.319 e. The molecule has 96 valence electrons. The number of urea groups is 1. The molecule has 5 nitrogen and oxygen atoms in total. The van der Waals surface area contributed by atoms with Crippen LogP contribution < -0.4 is 10.6 Å². The van der Waals surface area contributed by atoms with Gasteiger partial charge in [-0.1, -0.05) is 18.2 Å². The number of hydrogen-bond donors (Lipinski definition) is 2. The summed E-state index contributed by atoms with van der Waals surface area (Å²) in [6.45, 7) is 1.42. The normalized spacial score (nSPS) is 16.1. The second kappa shape index (κ2) is 6.05. The minimum Gasteiger partial charge on any atom is -0.345 e. The van der Waals surface area contributed by atoms with E-state index in [1.165, 1.54) is 0 Å². The van der Waals surface area contributed by atoms with Crippen LogP contribution in [0.4, 0.5) is 10.5 Å². The summed E-state index contributed by atoms with van der Waals surface area (Å²) in [7, 11) is 0. The molecule has 1 aliphatic rings. The van der Waals surface area contributed by atoms with Crippen molar-refractivity contribution in [3.05, 3.63) is 30.3 Å². The molecule has 0 saturated carbocycles. The number of carbonyl (C=O) groups excluding carboxylic acids is 2. The number of para-hydroxylation sites is 1. The number of amides is 3. The Balaban J connectivity index is 1.77. The molecule has 2 rings (SSSR count). The van der Waals surface area contributed by atoms with Crippen molar-refractivity contribution in [1.82, 2.24) is 10.2 Å². The van der Waals surface area contributed by atoms with E-state index >= 15 is 0 Å². The molecule has 0 atom stereocenters. The third-order valence-corrected chi connectivity index (χ3v) is 3.05. The highest BCUT2D eigenvalue weighted by molar-refractivity contribution is 5.89. The van der Waals surface area contributed by atoms with E-state index in [9.17, 15) is 9.59 Å². The van der Waals surface area contributed by atoms with Crippen LogP contribution in [0.3, 0.4) is 0 Å². The molecular weight excluding hydrogens is 230 g/mol. The van der Waals surface area contributed by atoms with Gasteiger partial charge in [-0.3, -0.25) is 4.79 Å². The van der Waals surface area contributed by atoms with E-state index in [0.29, 0.717) is 13.1 Å². The van der Waals surface area contributed by atoms with Crippen LogP contribution in [-0.2, 0) is 4.79 Å². The number of piperidine rings is 1. The van der Waals surface area contributed by atoms with E-state index in [1.807, 2.05) is 30.3 Å². The van der Waals surface area contributed by atoms with Crippen LogP contribution in [0, 0.1) is 0 Å². The summed E-state index contributed by atoms with van der Waals surface area (Å²) >= 11 is 0. The first-order chi connectivity index (χ1) is 8.78. The van der Waals surface area contributed by atoms with Crippen LogP contribution in [-0.4, -0.2) is 36.5 Å². The first-order valence-corrected chi connectivity index (χ1v) is 6.10. The number of hydrogen-bond acceptors (Lipinski definition) is 2. The van der Waals surface area contributed by atoms with Crippen LogP contribution in [0.25, 0.3) is 0 Å². The Hall–Kier alpha value is -2.04. The zero-order chi connectivity index (χ0) is 12.8. The Labute approximate surface area is 106 Å². The first kappa shape index (κ1) is 12.4. The summed E-state index contributed by atoms with van der Waals surface area (Å²) in [5.41, 5.74) is 0.778. The molecule has 0 unspecified atom stereocenters. The lowest BCUT2D eigenvalue weighted by Crippen LogP contribution is -2.45. The predicted molar refractivity (Wildman–Crippen MR) is 69.3 cm³/mol. The number of likely N-dealkylation sites (tertiary alicyclic amines) is 1. The van der Waals surface area contributed by atoms with Gasteiger partial charge in [-0.15, -0.1) is 0 Å². The summed E-state index contributed by atoms with van der Waals surface area (Å²) in [5, 5.41) is 5.70. The number of carbonyl (C=O) groups is 2. The minimum absolute atomic E-state index is 0.143. The molecule has 0 aromatic heterocycles. The fourth-order valence-electron chi connectivity index (χ4n) is 2.02. The SMILES string of the molecule is O=CN1CCC(NC(=O)Nc2ccccc2)CC1. The summed E-state index contributed by atoms with van der Waals surface area (Å²) < 4.78 is 0. The Morgan fingerprint density at radius 3 is 2.50 bits per heavy atom. The van der Waals surface area contributed by atoms with Gasteiger partial charge in [0, 0.05) is 24.8 Å². The second-order valence-electron chi connectivity index (χ2n) is 4.38. The van der Waals surface area contributed by atoms with Crippen molar-refractivity contribution in [3.8, 4) is 0 Å². The summed E-state index contributed by atoms with van der Waals surface area (Å²) in [5.74, 6) is 0. The van der Waals surface area contributed by atoms with E-state index in [2.05, 4.69) is 10.6 Å². The molecular formula is C13H17N3O2. The van der Waals surface area contributed by atoms with Gasteiger partial charge in [0.25, 0.3) is 0 Å². The number of nitrogens with one attached hydrogen (secondary N) is 2. The Kier molecular flexibility index (Phi) is 4.17. The first-order valence-electron chi connectivity index (χ1n) is 6.10. The molecule has 1 aliphatic heterocycles. The van der Waals surface area contributed by atoms with Crippen molar-refractivity contribution in [3.63, 3.8) is 0 Å². The molecule has 1 aromatic rings. The van der Waals surface area contributed by atoms with Gasteiger partial charge < -0.3 is 15.5 Å². The molecule has 1 aromatic carbocycles. The Morgan fingerprint density at radius 2 is 1.89 bits per heavy atom. The monoisotopic (exact) mass is 247 g/mol. The van der Waals surface area contributed by atoms with E-state index < -0.39 is 0 Å². The molecule has 0 spiro atoms. The Morgan fingerprint density at radius 1 is 1.22 bits per heavy atom. The van der Waals surface area contributed by atoms with Crippen molar-refractivity contribution >= 4 is 18.1 Å². The van der Waals surface area contributed by atoms with Crippen LogP contribution in [0.15, 0.2) is 30.3 Å². The summed E-state index contributed by atoms with van der Waals surface area (Å²) in [6, 6.07) is 9.29. The number of rotatable bonds is 3. The number of benzene rings is 1. The second-order valence-corrected chi connectivity index (χ2v) is 4.38. The molecule has 1 fully saturated rings. The summed E-state index contributed by atoms with van der Waals surface area (Å²) in [4.78, 5) is 24.0. The largest absolute Gasteiger partial charge is 0.345 e. The average molecular weight is 247 g/mol. The third-order valence-electron chi connectivity index (χ3n) is 3.05. The van der Waals surface area contributed by atoms with Crippen LogP contribution in [0.1, 0.15) is 12.8 Å². The topological polar surface area (TPSA) is 61.4 Å². The molecule has 18 heavy (non-hydrogen) atoms.